The molecule has 1 aliphatic heterocycles. The van der Waals surface area contributed by atoms with Crippen molar-refractivity contribution in [1.82, 2.24) is 5.01 Å². The van der Waals surface area contributed by atoms with Crippen molar-refractivity contribution < 1.29 is 22.8 Å². The van der Waals surface area contributed by atoms with Crippen LogP contribution in [0.4, 0.5) is 18.9 Å². The van der Waals surface area contributed by atoms with Gasteiger partial charge in [0.1, 0.15) is 0 Å². The third-order valence-electron chi connectivity index (χ3n) is 4.48. The van der Waals surface area contributed by atoms with Gasteiger partial charge < -0.3 is 4.84 Å². The van der Waals surface area contributed by atoms with Gasteiger partial charge in [0.05, 0.1) is 11.4 Å². The zero-order valence-corrected chi connectivity index (χ0v) is 16.9. The van der Waals surface area contributed by atoms with Gasteiger partial charge in [0.15, 0.2) is 0 Å². The summed E-state index contributed by atoms with van der Waals surface area (Å²) in [5.74, 6) is -0.231. The zero-order valence-electron chi connectivity index (χ0n) is 15.3. The number of nitrogens with zero attached hydrogens (tertiary/aromatic N) is 2. The Labute approximate surface area is 175 Å². The molecule has 0 saturated carbocycles. The van der Waals surface area contributed by atoms with Crippen LogP contribution in [-0.4, -0.2) is 29.9 Å². The minimum Gasteiger partial charge on any atom is -0.374 e. The molecule has 1 unspecified atom stereocenters. The first-order chi connectivity index (χ1) is 13.5. The van der Waals surface area contributed by atoms with Gasteiger partial charge in [0.2, 0.25) is 5.91 Å². The second-order valence-corrected chi connectivity index (χ2v) is 7.43. The Balaban J connectivity index is 1.94. The molecule has 1 heterocycles. The first-order valence-corrected chi connectivity index (χ1v) is 9.17. The van der Waals surface area contributed by atoms with E-state index >= 15 is 0 Å². The Hall–Kier alpha value is -2.45. The number of oxime groups is 1. The quantitative estimate of drug-likeness (QED) is 0.642. The van der Waals surface area contributed by atoms with Crippen LogP contribution in [0, 0.1) is 0 Å². The lowest BCUT2D eigenvalue weighted by Crippen LogP contribution is -2.42. The molecular formula is C19H16Cl2F3N3O2. The van der Waals surface area contributed by atoms with Crippen molar-refractivity contribution in [2.24, 2.45) is 5.16 Å². The van der Waals surface area contributed by atoms with Gasteiger partial charge in [0.25, 0.3) is 5.60 Å². The van der Waals surface area contributed by atoms with Gasteiger partial charge in [-0.05, 0) is 30.3 Å². The lowest BCUT2D eigenvalue weighted by Gasteiger charge is -2.29. The number of rotatable bonds is 4. The third kappa shape index (κ3) is 4.28. The van der Waals surface area contributed by atoms with Gasteiger partial charge in [0, 0.05) is 41.6 Å². The van der Waals surface area contributed by atoms with Crippen LogP contribution in [0.3, 0.4) is 0 Å². The molecule has 154 valence electrons. The maximum Gasteiger partial charge on any atom is 0.435 e. The molecule has 0 bridgehead atoms. The molecule has 1 N–H and O–H groups in total. The van der Waals surface area contributed by atoms with Crippen molar-refractivity contribution in [3.63, 3.8) is 0 Å². The number of halogens is 5. The molecule has 1 atom stereocenters. The summed E-state index contributed by atoms with van der Waals surface area (Å²) in [6, 6.07) is 10.2. The van der Waals surface area contributed by atoms with E-state index in [4.69, 9.17) is 28.0 Å². The molecule has 0 aliphatic carbocycles. The molecule has 1 amide bonds. The highest BCUT2D eigenvalue weighted by molar-refractivity contribution is 6.34. The Morgan fingerprint density at radius 3 is 2.45 bits per heavy atom. The van der Waals surface area contributed by atoms with Crippen molar-refractivity contribution >= 4 is 40.5 Å². The number of alkyl halides is 3. The number of hydrogen-bond donors (Lipinski definition) is 1. The fourth-order valence-corrected chi connectivity index (χ4v) is 3.41. The molecule has 10 heteroatoms. The van der Waals surface area contributed by atoms with Crippen LogP contribution in [0.2, 0.25) is 10.0 Å². The van der Waals surface area contributed by atoms with Crippen molar-refractivity contribution in [1.29, 1.82) is 0 Å². The zero-order chi connectivity index (χ0) is 21.4. The largest absolute Gasteiger partial charge is 0.435 e. The standard InChI is InChI=1S/C19H16Cl2F3N3O2/c1-11(28)27(2)25-16-5-3-4-12(6-16)17-10-18(29-26-17,19(22,23)24)13-7-14(20)9-15(21)8-13/h3-9,25H,10H2,1-2H3. The van der Waals surface area contributed by atoms with Crippen molar-refractivity contribution in [2.45, 2.75) is 25.1 Å². The highest BCUT2D eigenvalue weighted by Gasteiger charge is 2.62. The van der Waals surface area contributed by atoms with Crippen molar-refractivity contribution in [3.05, 3.63) is 63.6 Å². The lowest BCUT2D eigenvalue weighted by atomic mass is 9.86. The molecule has 0 radical (unpaired) electrons. The number of carbonyl (C=O) groups is 1. The SMILES string of the molecule is CC(=O)N(C)Nc1cccc(C2=NOC(c3cc(Cl)cc(Cl)c3)(C(F)(F)F)C2)c1. The summed E-state index contributed by atoms with van der Waals surface area (Å²) in [7, 11) is 1.53. The van der Waals surface area contributed by atoms with E-state index in [1.165, 1.54) is 37.2 Å². The van der Waals surface area contributed by atoms with Crippen LogP contribution in [0.25, 0.3) is 0 Å². The van der Waals surface area contributed by atoms with Crippen molar-refractivity contribution in [2.75, 3.05) is 12.5 Å². The average Bonchev–Trinajstić information content (AvgIpc) is 3.08. The van der Waals surface area contributed by atoms with E-state index in [1.54, 1.807) is 24.3 Å². The Kier molecular flexibility index (Phi) is 5.69. The molecule has 2 aromatic rings. The molecule has 3 rings (SSSR count). The van der Waals surface area contributed by atoms with Crippen LogP contribution in [-0.2, 0) is 15.2 Å². The molecule has 2 aromatic carbocycles. The summed E-state index contributed by atoms with van der Waals surface area (Å²) in [4.78, 5) is 16.4. The van der Waals surface area contributed by atoms with Crippen LogP contribution in [0.5, 0.6) is 0 Å². The number of hydrazine groups is 1. The second kappa shape index (κ2) is 7.76. The number of amides is 1. The van der Waals surface area contributed by atoms with Crippen LogP contribution < -0.4 is 5.43 Å². The van der Waals surface area contributed by atoms with Gasteiger partial charge in [-0.1, -0.05) is 40.5 Å². The Morgan fingerprint density at radius 1 is 1.21 bits per heavy atom. The summed E-state index contributed by atoms with van der Waals surface area (Å²) in [6.45, 7) is 1.37. The number of hydrogen-bond acceptors (Lipinski definition) is 4. The van der Waals surface area contributed by atoms with Gasteiger partial charge in [-0.2, -0.15) is 13.2 Å². The van der Waals surface area contributed by atoms with E-state index in [-0.39, 0.29) is 27.2 Å². The normalized spacial score (nSPS) is 18.8. The summed E-state index contributed by atoms with van der Waals surface area (Å²) in [5, 5.41) is 5.09. The highest BCUT2D eigenvalue weighted by Crippen LogP contribution is 2.49. The molecule has 0 aromatic heterocycles. The van der Waals surface area contributed by atoms with Crippen LogP contribution in [0.15, 0.2) is 47.6 Å². The molecule has 0 fully saturated rings. The molecule has 1 aliphatic rings. The predicted molar refractivity (Wildman–Crippen MR) is 105 cm³/mol. The van der Waals surface area contributed by atoms with Gasteiger partial charge in [-0.3, -0.25) is 15.2 Å². The Morgan fingerprint density at radius 2 is 1.86 bits per heavy atom. The molecular weight excluding hydrogens is 430 g/mol. The summed E-state index contributed by atoms with van der Waals surface area (Å²) >= 11 is 11.8. The van der Waals surface area contributed by atoms with Gasteiger partial charge >= 0.3 is 6.18 Å². The number of nitrogens with one attached hydrogen (secondary N) is 1. The van der Waals surface area contributed by atoms with Crippen LogP contribution in [0.1, 0.15) is 24.5 Å². The van der Waals surface area contributed by atoms with E-state index in [0.717, 1.165) is 0 Å². The average molecular weight is 446 g/mol. The predicted octanol–water partition coefficient (Wildman–Crippen LogP) is 5.38. The minimum atomic E-state index is -4.77. The van der Waals surface area contributed by atoms with E-state index in [2.05, 4.69) is 10.6 Å². The van der Waals surface area contributed by atoms with E-state index < -0.39 is 18.2 Å². The first-order valence-electron chi connectivity index (χ1n) is 8.41. The minimum absolute atomic E-state index is 0.0617. The first kappa shape index (κ1) is 21.3. The Bertz CT molecular complexity index is 961. The number of carbonyl (C=O) groups excluding carboxylic acids is 1. The fraction of sp³-hybridized carbons (Fsp3) is 0.263. The summed E-state index contributed by atoms with van der Waals surface area (Å²) in [6.07, 6.45) is -5.32. The highest BCUT2D eigenvalue weighted by atomic mass is 35.5. The lowest BCUT2D eigenvalue weighted by molar-refractivity contribution is -0.275. The fourth-order valence-electron chi connectivity index (χ4n) is 2.89. The maximum absolute atomic E-state index is 14.1. The number of benzene rings is 2. The van der Waals surface area contributed by atoms with E-state index in [9.17, 15) is 18.0 Å². The number of anilines is 1. The van der Waals surface area contributed by atoms with Gasteiger partial charge in [-0.15, -0.1) is 0 Å². The summed E-state index contributed by atoms with van der Waals surface area (Å²) < 4.78 is 42.2. The third-order valence-corrected chi connectivity index (χ3v) is 4.92. The molecule has 0 saturated heterocycles. The molecule has 29 heavy (non-hydrogen) atoms. The smallest absolute Gasteiger partial charge is 0.374 e. The van der Waals surface area contributed by atoms with Crippen molar-refractivity contribution in [3.8, 4) is 0 Å². The van der Waals surface area contributed by atoms with Gasteiger partial charge in [-0.25, -0.2) is 0 Å². The molecule has 0 spiro atoms. The van der Waals surface area contributed by atoms with E-state index in [0.29, 0.717) is 11.3 Å². The van der Waals surface area contributed by atoms with E-state index in [1.807, 2.05) is 0 Å². The molecule has 5 nitrogen and oxygen atoms in total. The second-order valence-electron chi connectivity index (χ2n) is 6.56. The monoisotopic (exact) mass is 445 g/mol. The topological polar surface area (TPSA) is 53.9 Å². The maximum atomic E-state index is 14.1. The summed E-state index contributed by atoms with van der Waals surface area (Å²) in [5.41, 5.74) is 0.945. The van der Waals surface area contributed by atoms with Crippen LogP contribution >= 0.6 is 23.2 Å².